The van der Waals surface area contributed by atoms with Gasteiger partial charge in [0.05, 0.1) is 22.5 Å². The molecule has 1 N–H and O–H groups in total. The van der Waals surface area contributed by atoms with Gasteiger partial charge in [0, 0.05) is 24.2 Å². The molecule has 0 saturated heterocycles. The summed E-state index contributed by atoms with van der Waals surface area (Å²) in [5.74, 6) is -0.275. The van der Waals surface area contributed by atoms with Gasteiger partial charge in [-0.05, 0) is 18.2 Å². The Balaban J connectivity index is 1.94. The molecule has 0 spiro atoms. The molecule has 0 aliphatic rings. The molecule has 102 valence electrons. The highest BCUT2D eigenvalue weighted by atomic mass is 35.5. The Labute approximate surface area is 124 Å². The molecule has 0 aliphatic heterocycles. The van der Waals surface area contributed by atoms with Crippen LogP contribution in [0.2, 0.25) is 10.0 Å². The maximum atomic E-state index is 12.3. The van der Waals surface area contributed by atoms with Gasteiger partial charge in [-0.1, -0.05) is 23.2 Å². The van der Waals surface area contributed by atoms with Gasteiger partial charge in [0.25, 0.3) is 5.91 Å². The number of halogens is 2. The fourth-order valence-electron chi connectivity index (χ4n) is 2.05. The number of carbonyl (C=O) groups excluding carboxylic acids is 1. The highest BCUT2D eigenvalue weighted by Gasteiger charge is 2.16. The van der Waals surface area contributed by atoms with Crippen molar-refractivity contribution >= 4 is 45.9 Å². The van der Waals surface area contributed by atoms with Gasteiger partial charge in [0.2, 0.25) is 0 Å². The monoisotopic (exact) mass is 308 g/mol. The lowest BCUT2D eigenvalue weighted by atomic mass is 10.3. The summed E-state index contributed by atoms with van der Waals surface area (Å²) >= 11 is 11.9. The fraction of sp³-hybridized carbons (Fsp3) is 0.0714. The first-order chi connectivity index (χ1) is 9.56. The van der Waals surface area contributed by atoms with E-state index >= 15 is 0 Å². The zero-order valence-corrected chi connectivity index (χ0v) is 12.0. The number of carbonyl (C=O) groups is 1. The van der Waals surface area contributed by atoms with Crippen molar-refractivity contribution in [2.75, 3.05) is 5.32 Å². The average molecular weight is 309 g/mol. The predicted octanol–water partition coefficient (Wildman–Crippen LogP) is 4.33. The molecular weight excluding hydrogens is 299 g/mol. The van der Waals surface area contributed by atoms with Crippen molar-refractivity contribution in [1.82, 2.24) is 4.57 Å². The predicted molar refractivity (Wildman–Crippen MR) is 79.6 cm³/mol. The standard InChI is InChI=1S/C14H10Cl2N2O2/c1-18-11-4-5-20-13(11)7-12(18)14(19)17-10-6-8(15)2-3-9(10)16/h2-7H,1H3,(H,17,19). The molecule has 0 fully saturated rings. The van der Waals surface area contributed by atoms with Crippen molar-refractivity contribution in [2.24, 2.45) is 7.05 Å². The Morgan fingerprint density at radius 2 is 2.05 bits per heavy atom. The van der Waals surface area contributed by atoms with Crippen LogP contribution in [0.1, 0.15) is 10.5 Å². The number of nitrogens with zero attached hydrogens (tertiary/aromatic N) is 1. The Bertz CT molecular complexity index is 805. The van der Waals surface area contributed by atoms with Gasteiger partial charge in [-0.3, -0.25) is 4.79 Å². The summed E-state index contributed by atoms with van der Waals surface area (Å²) in [7, 11) is 1.80. The smallest absolute Gasteiger partial charge is 0.272 e. The number of aromatic nitrogens is 1. The highest BCUT2D eigenvalue weighted by Crippen LogP contribution is 2.27. The van der Waals surface area contributed by atoms with E-state index in [0.717, 1.165) is 5.52 Å². The number of benzene rings is 1. The minimum atomic E-state index is -0.275. The van der Waals surface area contributed by atoms with Gasteiger partial charge in [-0.15, -0.1) is 0 Å². The summed E-state index contributed by atoms with van der Waals surface area (Å²) in [4.78, 5) is 12.3. The minimum Gasteiger partial charge on any atom is -0.463 e. The van der Waals surface area contributed by atoms with E-state index < -0.39 is 0 Å². The maximum absolute atomic E-state index is 12.3. The number of hydrogen-bond acceptors (Lipinski definition) is 2. The number of fused-ring (bicyclic) bond motifs is 1. The van der Waals surface area contributed by atoms with E-state index in [1.165, 1.54) is 0 Å². The van der Waals surface area contributed by atoms with Gasteiger partial charge in [0.1, 0.15) is 5.69 Å². The highest BCUT2D eigenvalue weighted by molar-refractivity contribution is 6.35. The molecule has 20 heavy (non-hydrogen) atoms. The summed E-state index contributed by atoms with van der Waals surface area (Å²) in [5.41, 5.74) is 2.47. The minimum absolute atomic E-state index is 0.275. The SMILES string of the molecule is Cn1c(C(=O)Nc2cc(Cl)ccc2Cl)cc2occc21. The number of furan rings is 1. The molecule has 2 aromatic heterocycles. The zero-order valence-electron chi connectivity index (χ0n) is 10.5. The van der Waals surface area contributed by atoms with E-state index in [0.29, 0.717) is 27.0 Å². The first-order valence-electron chi connectivity index (χ1n) is 5.85. The molecule has 3 rings (SSSR count). The average Bonchev–Trinajstić information content (AvgIpc) is 2.97. The van der Waals surface area contributed by atoms with Crippen LogP contribution in [0, 0.1) is 0 Å². The van der Waals surface area contributed by atoms with E-state index in [1.807, 2.05) is 0 Å². The lowest BCUT2D eigenvalue weighted by Crippen LogP contribution is -2.15. The maximum Gasteiger partial charge on any atom is 0.272 e. The number of aryl methyl sites for hydroxylation is 1. The quantitative estimate of drug-likeness (QED) is 0.766. The first kappa shape index (κ1) is 13.1. The van der Waals surface area contributed by atoms with Crippen molar-refractivity contribution in [3.63, 3.8) is 0 Å². The number of anilines is 1. The molecule has 0 aliphatic carbocycles. The number of hydrogen-bond donors (Lipinski definition) is 1. The third-order valence-corrected chi connectivity index (χ3v) is 3.64. The molecule has 0 unspecified atom stereocenters. The zero-order chi connectivity index (χ0) is 14.3. The van der Waals surface area contributed by atoms with Crippen LogP contribution in [-0.2, 0) is 7.05 Å². The third kappa shape index (κ3) is 2.17. The van der Waals surface area contributed by atoms with Gasteiger partial charge in [-0.25, -0.2) is 0 Å². The molecule has 0 saturated carbocycles. The molecule has 3 aromatic rings. The third-order valence-electron chi connectivity index (χ3n) is 3.07. The lowest BCUT2D eigenvalue weighted by Gasteiger charge is -2.08. The Morgan fingerprint density at radius 1 is 1.25 bits per heavy atom. The van der Waals surface area contributed by atoms with Crippen molar-refractivity contribution in [3.05, 3.63) is 52.3 Å². The van der Waals surface area contributed by atoms with Crippen molar-refractivity contribution in [2.45, 2.75) is 0 Å². The molecule has 1 amide bonds. The van der Waals surface area contributed by atoms with Gasteiger partial charge in [0.15, 0.2) is 5.58 Å². The summed E-state index contributed by atoms with van der Waals surface area (Å²) in [5, 5.41) is 3.68. The number of rotatable bonds is 2. The molecular formula is C14H10Cl2N2O2. The second-order valence-electron chi connectivity index (χ2n) is 4.34. The molecule has 0 radical (unpaired) electrons. The summed E-state index contributed by atoms with van der Waals surface area (Å²) in [6.07, 6.45) is 1.58. The van der Waals surface area contributed by atoms with E-state index in [4.69, 9.17) is 27.6 Å². The van der Waals surface area contributed by atoms with Crippen LogP contribution < -0.4 is 5.32 Å². The fourth-order valence-corrected chi connectivity index (χ4v) is 2.38. The lowest BCUT2D eigenvalue weighted by molar-refractivity contribution is 0.101. The van der Waals surface area contributed by atoms with Crippen LogP contribution in [-0.4, -0.2) is 10.5 Å². The van der Waals surface area contributed by atoms with Gasteiger partial charge < -0.3 is 14.3 Å². The van der Waals surface area contributed by atoms with Crippen LogP contribution in [0.5, 0.6) is 0 Å². The van der Waals surface area contributed by atoms with Crippen molar-refractivity contribution in [3.8, 4) is 0 Å². The van der Waals surface area contributed by atoms with Crippen LogP contribution in [0.3, 0.4) is 0 Å². The second-order valence-corrected chi connectivity index (χ2v) is 5.18. The van der Waals surface area contributed by atoms with E-state index in [1.54, 1.807) is 48.2 Å². The largest absolute Gasteiger partial charge is 0.463 e. The Kier molecular flexibility index (Phi) is 3.20. The first-order valence-corrected chi connectivity index (χ1v) is 6.61. The Morgan fingerprint density at radius 3 is 2.80 bits per heavy atom. The van der Waals surface area contributed by atoms with Crippen molar-refractivity contribution < 1.29 is 9.21 Å². The molecule has 6 heteroatoms. The molecule has 1 aromatic carbocycles. The second kappa shape index (κ2) is 4.89. The number of amides is 1. The topological polar surface area (TPSA) is 47.2 Å². The van der Waals surface area contributed by atoms with Crippen LogP contribution >= 0.6 is 23.2 Å². The summed E-state index contributed by atoms with van der Waals surface area (Å²) < 4.78 is 7.03. The van der Waals surface area contributed by atoms with E-state index in [2.05, 4.69) is 5.32 Å². The van der Waals surface area contributed by atoms with Crippen LogP contribution in [0.15, 0.2) is 41.0 Å². The molecule has 4 nitrogen and oxygen atoms in total. The van der Waals surface area contributed by atoms with Crippen molar-refractivity contribution in [1.29, 1.82) is 0 Å². The summed E-state index contributed by atoms with van der Waals surface area (Å²) in [6, 6.07) is 8.39. The molecule has 0 atom stereocenters. The van der Waals surface area contributed by atoms with E-state index in [-0.39, 0.29) is 5.91 Å². The summed E-state index contributed by atoms with van der Waals surface area (Å²) in [6.45, 7) is 0. The normalized spacial score (nSPS) is 10.9. The molecule has 0 bridgehead atoms. The van der Waals surface area contributed by atoms with Crippen LogP contribution in [0.4, 0.5) is 5.69 Å². The Hall–Kier alpha value is -1.91. The number of nitrogens with one attached hydrogen (secondary N) is 1. The van der Waals surface area contributed by atoms with E-state index in [9.17, 15) is 4.79 Å². The van der Waals surface area contributed by atoms with Gasteiger partial charge in [-0.2, -0.15) is 0 Å². The van der Waals surface area contributed by atoms with Gasteiger partial charge >= 0.3 is 0 Å². The van der Waals surface area contributed by atoms with Crippen LogP contribution in [0.25, 0.3) is 11.1 Å². The molecule has 2 heterocycles.